The lowest BCUT2D eigenvalue weighted by Crippen LogP contribution is -2.41. The van der Waals surface area contributed by atoms with Crippen molar-refractivity contribution in [1.29, 1.82) is 0 Å². The number of amides is 1. The van der Waals surface area contributed by atoms with Gasteiger partial charge in [-0.15, -0.1) is 0 Å². The number of carbonyl (C=O) groups is 1. The minimum Gasteiger partial charge on any atom is -0.492 e. The third-order valence-electron chi connectivity index (χ3n) is 5.01. The number of sulfonamides is 1. The molecule has 0 atom stereocenters. The predicted octanol–water partition coefficient (Wildman–Crippen LogP) is 3.92. The van der Waals surface area contributed by atoms with Crippen LogP contribution in [0.5, 0.6) is 5.75 Å². The van der Waals surface area contributed by atoms with E-state index >= 15 is 0 Å². The highest BCUT2D eigenvalue weighted by atomic mass is 32.2. The Balaban J connectivity index is 1.72. The first kappa shape index (κ1) is 25.3. The molecule has 0 spiro atoms. The lowest BCUT2D eigenvalue weighted by molar-refractivity contribution is -0.119. The first-order valence-corrected chi connectivity index (χ1v) is 12.6. The van der Waals surface area contributed by atoms with Gasteiger partial charge in [-0.05, 0) is 43.7 Å². The van der Waals surface area contributed by atoms with Crippen LogP contribution < -0.4 is 14.4 Å². The van der Waals surface area contributed by atoms with Crippen molar-refractivity contribution in [3.63, 3.8) is 0 Å². The second kappa shape index (κ2) is 12.2. The van der Waals surface area contributed by atoms with Crippen molar-refractivity contribution in [2.24, 2.45) is 0 Å². The van der Waals surface area contributed by atoms with Crippen LogP contribution in [-0.2, 0) is 26.2 Å². The molecule has 0 aliphatic carbocycles. The van der Waals surface area contributed by atoms with Crippen LogP contribution in [0.3, 0.4) is 0 Å². The summed E-state index contributed by atoms with van der Waals surface area (Å²) in [5.74, 6) is -0.0509. The Bertz CT molecular complexity index is 1170. The third kappa shape index (κ3) is 6.82. The van der Waals surface area contributed by atoms with E-state index < -0.39 is 15.9 Å². The Hall–Kier alpha value is -3.36. The van der Waals surface area contributed by atoms with Crippen LogP contribution in [0, 0.1) is 6.92 Å². The minimum absolute atomic E-state index is 0.100. The van der Waals surface area contributed by atoms with Crippen molar-refractivity contribution in [3.05, 3.63) is 90.0 Å². The SMILES string of the molecule is CCOc1ccccc1N(CC(=O)NCCOCc1ccccc1)S(=O)(=O)c1ccc(C)cc1. The Morgan fingerprint density at radius 2 is 1.62 bits per heavy atom. The van der Waals surface area contributed by atoms with Gasteiger partial charge >= 0.3 is 0 Å². The summed E-state index contributed by atoms with van der Waals surface area (Å²) in [5.41, 5.74) is 2.28. The molecule has 3 aromatic carbocycles. The highest BCUT2D eigenvalue weighted by Gasteiger charge is 2.29. The van der Waals surface area contributed by atoms with Gasteiger partial charge in [-0.3, -0.25) is 9.10 Å². The average Bonchev–Trinajstić information content (AvgIpc) is 2.84. The number of ether oxygens (including phenoxy) is 2. The molecule has 180 valence electrons. The molecular weight excluding hydrogens is 452 g/mol. The lowest BCUT2D eigenvalue weighted by atomic mass is 10.2. The molecule has 34 heavy (non-hydrogen) atoms. The van der Waals surface area contributed by atoms with Gasteiger partial charge < -0.3 is 14.8 Å². The molecule has 0 heterocycles. The number of aryl methyl sites for hydroxylation is 1. The normalized spacial score (nSPS) is 11.1. The van der Waals surface area contributed by atoms with Gasteiger partial charge in [-0.25, -0.2) is 8.42 Å². The quantitative estimate of drug-likeness (QED) is 0.396. The van der Waals surface area contributed by atoms with Crippen molar-refractivity contribution in [2.75, 3.05) is 30.6 Å². The maximum Gasteiger partial charge on any atom is 0.264 e. The smallest absolute Gasteiger partial charge is 0.264 e. The van der Waals surface area contributed by atoms with Crippen LogP contribution in [0.2, 0.25) is 0 Å². The van der Waals surface area contributed by atoms with Crippen LogP contribution in [0.1, 0.15) is 18.1 Å². The summed E-state index contributed by atoms with van der Waals surface area (Å²) in [6.07, 6.45) is 0. The summed E-state index contributed by atoms with van der Waals surface area (Å²) in [4.78, 5) is 12.8. The van der Waals surface area contributed by atoms with E-state index in [9.17, 15) is 13.2 Å². The van der Waals surface area contributed by atoms with Crippen LogP contribution in [0.15, 0.2) is 83.8 Å². The van der Waals surface area contributed by atoms with Crippen LogP contribution in [-0.4, -0.2) is 40.6 Å². The summed E-state index contributed by atoms with van der Waals surface area (Å²) in [7, 11) is -4.02. The molecular formula is C26H30N2O5S. The molecule has 3 aromatic rings. The maximum absolute atomic E-state index is 13.5. The van der Waals surface area contributed by atoms with Gasteiger partial charge in [0.2, 0.25) is 5.91 Å². The number of hydrogen-bond donors (Lipinski definition) is 1. The van der Waals surface area contributed by atoms with E-state index in [4.69, 9.17) is 9.47 Å². The van der Waals surface area contributed by atoms with Gasteiger partial charge in [0.15, 0.2) is 0 Å². The molecule has 0 radical (unpaired) electrons. The Morgan fingerprint density at radius 1 is 0.941 bits per heavy atom. The van der Waals surface area contributed by atoms with Crippen molar-refractivity contribution in [1.82, 2.24) is 5.32 Å². The second-order valence-electron chi connectivity index (χ2n) is 7.61. The Morgan fingerprint density at radius 3 is 2.32 bits per heavy atom. The van der Waals surface area contributed by atoms with Gasteiger partial charge in [0, 0.05) is 6.54 Å². The highest BCUT2D eigenvalue weighted by molar-refractivity contribution is 7.92. The number of hydrogen-bond acceptors (Lipinski definition) is 5. The van der Waals surface area contributed by atoms with E-state index in [-0.39, 0.29) is 18.0 Å². The number of nitrogens with zero attached hydrogens (tertiary/aromatic N) is 1. The van der Waals surface area contributed by atoms with Crippen LogP contribution >= 0.6 is 0 Å². The fourth-order valence-corrected chi connectivity index (χ4v) is 4.72. The largest absolute Gasteiger partial charge is 0.492 e. The number of carbonyl (C=O) groups excluding carboxylic acids is 1. The summed E-state index contributed by atoms with van der Waals surface area (Å²) in [6.45, 7) is 4.67. The summed E-state index contributed by atoms with van der Waals surface area (Å²) in [6, 6.07) is 23.0. The second-order valence-corrected chi connectivity index (χ2v) is 9.48. The molecule has 0 aromatic heterocycles. The lowest BCUT2D eigenvalue weighted by Gasteiger charge is -2.26. The van der Waals surface area contributed by atoms with Gasteiger partial charge in [0.05, 0.1) is 30.4 Å². The molecule has 0 bridgehead atoms. The molecule has 1 amide bonds. The maximum atomic E-state index is 13.5. The van der Waals surface area contributed by atoms with E-state index in [1.165, 1.54) is 12.1 Å². The van der Waals surface area contributed by atoms with Crippen molar-refractivity contribution in [3.8, 4) is 5.75 Å². The average molecular weight is 483 g/mol. The summed E-state index contributed by atoms with van der Waals surface area (Å²) in [5, 5.41) is 2.74. The fourth-order valence-electron chi connectivity index (χ4n) is 3.29. The third-order valence-corrected chi connectivity index (χ3v) is 6.78. The van der Waals surface area contributed by atoms with Crippen molar-refractivity contribution >= 4 is 21.6 Å². The molecule has 0 unspecified atom stereocenters. The Labute approximate surface area is 201 Å². The summed E-state index contributed by atoms with van der Waals surface area (Å²) < 4.78 is 39.4. The molecule has 0 saturated heterocycles. The fraction of sp³-hybridized carbons (Fsp3) is 0.269. The van der Waals surface area contributed by atoms with E-state index in [1.54, 1.807) is 36.4 Å². The molecule has 0 aliphatic heterocycles. The van der Waals surface area contributed by atoms with Gasteiger partial charge in [-0.2, -0.15) is 0 Å². The zero-order chi connectivity index (χ0) is 24.4. The molecule has 8 heteroatoms. The van der Waals surface area contributed by atoms with E-state index in [2.05, 4.69) is 5.32 Å². The number of para-hydroxylation sites is 2. The molecule has 3 rings (SSSR count). The van der Waals surface area contributed by atoms with Gasteiger partial charge in [0.25, 0.3) is 10.0 Å². The molecule has 7 nitrogen and oxygen atoms in total. The zero-order valence-corrected chi connectivity index (χ0v) is 20.3. The number of anilines is 1. The van der Waals surface area contributed by atoms with E-state index in [0.29, 0.717) is 31.3 Å². The van der Waals surface area contributed by atoms with Gasteiger partial charge in [0.1, 0.15) is 12.3 Å². The van der Waals surface area contributed by atoms with Crippen LogP contribution in [0.25, 0.3) is 0 Å². The standard InChI is InChI=1S/C26H30N2O5S/c1-3-33-25-12-8-7-11-24(25)28(34(30,31)23-15-13-21(2)14-16-23)19-26(29)27-17-18-32-20-22-9-5-4-6-10-22/h4-16H,3,17-20H2,1-2H3,(H,27,29). The predicted molar refractivity (Wildman–Crippen MR) is 132 cm³/mol. The molecule has 0 saturated carbocycles. The topological polar surface area (TPSA) is 84.9 Å². The highest BCUT2D eigenvalue weighted by Crippen LogP contribution is 2.32. The van der Waals surface area contributed by atoms with Crippen molar-refractivity contribution in [2.45, 2.75) is 25.3 Å². The van der Waals surface area contributed by atoms with Crippen LogP contribution in [0.4, 0.5) is 5.69 Å². The number of nitrogens with one attached hydrogen (secondary N) is 1. The Kier molecular flexibility index (Phi) is 9.07. The molecule has 1 N–H and O–H groups in total. The first-order chi connectivity index (χ1) is 16.4. The van der Waals surface area contributed by atoms with Gasteiger partial charge in [-0.1, -0.05) is 60.2 Å². The molecule has 0 fully saturated rings. The van der Waals surface area contributed by atoms with E-state index in [1.807, 2.05) is 44.2 Å². The monoisotopic (exact) mass is 482 g/mol. The van der Waals surface area contributed by atoms with Crippen molar-refractivity contribution < 1.29 is 22.7 Å². The zero-order valence-electron chi connectivity index (χ0n) is 19.4. The number of rotatable bonds is 12. The summed E-state index contributed by atoms with van der Waals surface area (Å²) >= 11 is 0. The first-order valence-electron chi connectivity index (χ1n) is 11.1. The number of benzene rings is 3. The molecule has 0 aliphatic rings. The minimum atomic E-state index is -4.02. The van der Waals surface area contributed by atoms with E-state index in [0.717, 1.165) is 15.4 Å².